The smallest absolute Gasteiger partial charge is 0.316 e. The molecular weight excluding hydrogens is 456 g/mol. The predicted molar refractivity (Wildman–Crippen MR) is 125 cm³/mol. The molecule has 1 saturated heterocycles. The van der Waals surface area contributed by atoms with Crippen LogP contribution in [0.5, 0.6) is 0 Å². The van der Waals surface area contributed by atoms with Gasteiger partial charge in [0.2, 0.25) is 5.82 Å². The Kier molecular flexibility index (Phi) is 6.09. The number of hydrogen-bond donors (Lipinski definition) is 1. The third-order valence-corrected chi connectivity index (χ3v) is 7.79. The topological polar surface area (TPSA) is 115 Å². The van der Waals surface area contributed by atoms with E-state index >= 15 is 0 Å². The third-order valence-electron chi connectivity index (χ3n) is 6.28. The molecule has 1 fully saturated rings. The van der Waals surface area contributed by atoms with Crippen LogP contribution in [0.2, 0.25) is 0 Å². The maximum atomic E-state index is 13.4. The molecule has 1 aliphatic carbocycles. The second-order valence-electron chi connectivity index (χ2n) is 8.56. The van der Waals surface area contributed by atoms with Crippen LogP contribution in [0.15, 0.2) is 45.8 Å². The van der Waals surface area contributed by atoms with Gasteiger partial charge >= 0.3 is 11.8 Å². The summed E-state index contributed by atoms with van der Waals surface area (Å²) in [5.74, 6) is -0.335. The van der Waals surface area contributed by atoms with Crippen molar-refractivity contribution in [1.29, 1.82) is 0 Å². The molecule has 0 unspecified atom stereocenters. The molecular formula is C24H26N4O5S. The van der Waals surface area contributed by atoms with Gasteiger partial charge in [-0.25, -0.2) is 8.42 Å². The summed E-state index contributed by atoms with van der Waals surface area (Å²) in [6, 6.07) is 10.7. The van der Waals surface area contributed by atoms with Crippen LogP contribution in [0.3, 0.4) is 0 Å². The summed E-state index contributed by atoms with van der Waals surface area (Å²) in [6.45, 7) is 3.58. The van der Waals surface area contributed by atoms with Gasteiger partial charge in [0, 0.05) is 18.7 Å². The van der Waals surface area contributed by atoms with Crippen molar-refractivity contribution in [3.8, 4) is 11.4 Å². The van der Waals surface area contributed by atoms with Crippen LogP contribution >= 0.6 is 0 Å². The summed E-state index contributed by atoms with van der Waals surface area (Å²) in [7, 11) is -3.86. The molecule has 2 aromatic carbocycles. The van der Waals surface area contributed by atoms with Crippen molar-refractivity contribution < 1.29 is 22.5 Å². The van der Waals surface area contributed by atoms with E-state index in [-0.39, 0.29) is 22.5 Å². The first kappa shape index (κ1) is 22.5. The molecule has 0 atom stereocenters. The summed E-state index contributed by atoms with van der Waals surface area (Å²) in [5, 5.41) is 3.92. The van der Waals surface area contributed by atoms with Gasteiger partial charge in [-0.15, -0.1) is 0 Å². The van der Waals surface area contributed by atoms with Crippen LogP contribution in [-0.2, 0) is 27.6 Å². The number of aromatic nitrogens is 2. The van der Waals surface area contributed by atoms with Gasteiger partial charge in [-0.05, 0) is 61.4 Å². The highest BCUT2D eigenvalue weighted by Gasteiger charge is 2.26. The largest absolute Gasteiger partial charge is 0.378 e. The molecule has 1 aliphatic heterocycles. The zero-order valence-corrected chi connectivity index (χ0v) is 19.7. The minimum absolute atomic E-state index is 0.129. The first-order valence-corrected chi connectivity index (χ1v) is 12.9. The van der Waals surface area contributed by atoms with Crippen LogP contribution in [-0.4, -0.2) is 55.7 Å². The summed E-state index contributed by atoms with van der Waals surface area (Å²) in [6.07, 6.45) is 3.98. The number of morpholine rings is 1. The second kappa shape index (κ2) is 9.19. The summed E-state index contributed by atoms with van der Waals surface area (Å²) >= 11 is 0. The highest BCUT2D eigenvalue weighted by molar-refractivity contribution is 7.92. The fraction of sp³-hybridized carbons (Fsp3) is 0.375. The Hall–Kier alpha value is -3.24. The fourth-order valence-corrected chi connectivity index (χ4v) is 5.80. The number of rotatable bonds is 5. The molecule has 0 bridgehead atoms. The Morgan fingerprint density at radius 2 is 1.88 bits per heavy atom. The molecule has 5 rings (SSSR count). The Labute approximate surface area is 198 Å². The summed E-state index contributed by atoms with van der Waals surface area (Å²) in [5.41, 5.74) is 3.93. The van der Waals surface area contributed by atoms with E-state index in [1.807, 2.05) is 12.1 Å². The molecule has 34 heavy (non-hydrogen) atoms. The molecule has 1 amide bonds. The van der Waals surface area contributed by atoms with Crippen LogP contribution < -0.4 is 4.72 Å². The third kappa shape index (κ3) is 4.43. The minimum Gasteiger partial charge on any atom is -0.378 e. The van der Waals surface area contributed by atoms with Crippen LogP contribution in [0, 0.1) is 6.92 Å². The average Bonchev–Trinajstić information content (AvgIpc) is 3.35. The number of benzene rings is 2. The summed E-state index contributed by atoms with van der Waals surface area (Å²) in [4.78, 5) is 18.6. The average molecular weight is 483 g/mol. The van der Waals surface area contributed by atoms with Crippen LogP contribution in [0.4, 0.5) is 5.69 Å². The van der Waals surface area contributed by atoms with E-state index in [9.17, 15) is 13.2 Å². The van der Waals surface area contributed by atoms with Crippen molar-refractivity contribution in [2.45, 2.75) is 37.5 Å². The van der Waals surface area contributed by atoms with E-state index in [0.29, 0.717) is 43.1 Å². The van der Waals surface area contributed by atoms with E-state index in [4.69, 9.17) is 9.26 Å². The van der Waals surface area contributed by atoms with Crippen LogP contribution in [0.25, 0.3) is 11.4 Å². The number of aryl methyl sites for hydroxylation is 2. The number of nitrogens with one attached hydrogen (secondary N) is 1. The Balaban J connectivity index is 1.42. The molecule has 10 heteroatoms. The lowest BCUT2D eigenvalue weighted by Gasteiger charge is -2.25. The number of amides is 1. The highest BCUT2D eigenvalue weighted by atomic mass is 32.2. The number of carbonyl (C=O) groups is 1. The maximum Gasteiger partial charge on any atom is 0.316 e. The van der Waals surface area contributed by atoms with Gasteiger partial charge in [0.25, 0.3) is 10.0 Å². The number of hydrogen-bond acceptors (Lipinski definition) is 7. The first-order valence-electron chi connectivity index (χ1n) is 11.4. The van der Waals surface area contributed by atoms with Gasteiger partial charge in [-0.1, -0.05) is 29.4 Å². The maximum absolute atomic E-state index is 13.4. The van der Waals surface area contributed by atoms with Crippen LogP contribution in [0.1, 0.15) is 40.2 Å². The molecule has 178 valence electrons. The van der Waals surface area contributed by atoms with E-state index in [1.165, 1.54) is 11.6 Å². The number of carbonyl (C=O) groups excluding carboxylic acids is 1. The lowest BCUT2D eigenvalue weighted by Crippen LogP contribution is -2.40. The normalized spacial score (nSPS) is 16.2. The zero-order valence-electron chi connectivity index (χ0n) is 18.9. The molecule has 0 spiro atoms. The van der Waals surface area contributed by atoms with Gasteiger partial charge < -0.3 is 14.2 Å². The lowest BCUT2D eigenvalue weighted by atomic mass is 9.91. The number of sulfonamides is 1. The van der Waals surface area contributed by atoms with Crippen molar-refractivity contribution in [3.05, 3.63) is 59.0 Å². The molecule has 9 nitrogen and oxygen atoms in total. The van der Waals surface area contributed by atoms with Crippen molar-refractivity contribution in [1.82, 2.24) is 15.0 Å². The number of nitrogens with zero attached hydrogens (tertiary/aromatic N) is 3. The molecule has 1 aromatic heterocycles. The van der Waals surface area contributed by atoms with E-state index < -0.39 is 10.0 Å². The molecule has 2 heterocycles. The Morgan fingerprint density at radius 3 is 2.71 bits per heavy atom. The van der Waals surface area contributed by atoms with Crippen molar-refractivity contribution in [3.63, 3.8) is 0 Å². The number of anilines is 1. The minimum atomic E-state index is -3.86. The van der Waals surface area contributed by atoms with Crippen molar-refractivity contribution in [2.24, 2.45) is 0 Å². The summed E-state index contributed by atoms with van der Waals surface area (Å²) < 4.78 is 40.0. The number of fused-ring (bicyclic) bond motifs is 1. The first-order chi connectivity index (χ1) is 16.4. The molecule has 0 radical (unpaired) electrons. The van der Waals surface area contributed by atoms with Crippen molar-refractivity contribution >= 4 is 21.6 Å². The second-order valence-corrected chi connectivity index (χ2v) is 10.2. The Bertz CT molecular complexity index is 1330. The van der Waals surface area contributed by atoms with E-state index in [0.717, 1.165) is 31.2 Å². The Morgan fingerprint density at radius 1 is 1.09 bits per heavy atom. The molecule has 0 saturated carbocycles. The SMILES string of the molecule is Cc1ccc(-c2noc(C(=O)N3CCOCC3)n2)cc1S(=O)(=O)Nc1cccc2c1CCCC2. The molecule has 2 aliphatic rings. The van der Waals surface area contributed by atoms with Crippen molar-refractivity contribution in [2.75, 3.05) is 31.0 Å². The predicted octanol–water partition coefficient (Wildman–Crippen LogP) is 3.20. The molecule has 1 N–H and O–H groups in total. The fourth-order valence-electron chi connectivity index (χ4n) is 4.43. The van der Waals surface area contributed by atoms with E-state index in [1.54, 1.807) is 24.0 Å². The number of ether oxygens (including phenoxy) is 1. The van der Waals surface area contributed by atoms with Gasteiger partial charge in [0.15, 0.2) is 0 Å². The lowest BCUT2D eigenvalue weighted by molar-refractivity contribution is 0.0272. The standard InChI is InChI=1S/C24H26N4O5S/c1-16-9-10-18(22-25-23(33-26-22)24(29)28-11-13-32-14-12-28)15-21(16)34(30,31)27-20-8-4-6-17-5-2-3-7-19(17)20/h4,6,8-10,15,27H,2-3,5,7,11-14H2,1H3. The quantitative estimate of drug-likeness (QED) is 0.594. The molecule has 3 aromatic rings. The van der Waals surface area contributed by atoms with Gasteiger partial charge in [0.05, 0.1) is 23.8 Å². The van der Waals surface area contributed by atoms with Gasteiger partial charge in [-0.2, -0.15) is 4.98 Å². The van der Waals surface area contributed by atoms with Gasteiger partial charge in [-0.3, -0.25) is 9.52 Å². The highest BCUT2D eigenvalue weighted by Crippen LogP contribution is 2.31. The van der Waals surface area contributed by atoms with E-state index in [2.05, 4.69) is 20.9 Å². The monoisotopic (exact) mass is 482 g/mol. The van der Waals surface area contributed by atoms with Gasteiger partial charge in [0.1, 0.15) is 0 Å². The zero-order chi connectivity index (χ0) is 23.7.